The van der Waals surface area contributed by atoms with E-state index in [2.05, 4.69) is 19.9 Å². The molecule has 378 valence electrons. The molecule has 12 aromatic rings. The van der Waals surface area contributed by atoms with Gasteiger partial charge >= 0.3 is 0 Å². The Morgan fingerprint density at radius 1 is 0.303 bits per heavy atom. The number of anilines is 12. The second-order valence-corrected chi connectivity index (χ2v) is 18.1. The predicted octanol–water partition coefficient (Wildman–Crippen LogP) is 16.9. The summed E-state index contributed by atoms with van der Waals surface area (Å²) in [6.07, 6.45) is 4.77. The third-order valence-corrected chi connectivity index (χ3v) is 13.1. The van der Waals surface area contributed by atoms with Crippen molar-refractivity contribution in [3.63, 3.8) is 0 Å². The molecule has 0 atom stereocenters. The molecule has 0 saturated heterocycles. The Morgan fingerprint density at radius 2 is 0.539 bits per heavy atom. The third-order valence-electron chi connectivity index (χ3n) is 13.1. The molecule has 0 radical (unpaired) electrons. The average molecular weight is 1030 g/mol. The SMILES string of the molecule is Cc1cc(F)cc(N(c2ocnc2C)c2cc(N(c3cc(F)cc(F)c3)c3ocnc3C)c3ccc4c(N(c5cc(F)cc(F)c5)c5ocnc5C)cc(N(c5cc(F)cc(F)c5)c5ocnc5C)c5ccc2c3c54)c1. The smallest absolute Gasteiger partial charge is 0.227 e. The molecule has 0 aliphatic rings. The van der Waals surface area contributed by atoms with Crippen molar-refractivity contribution in [2.45, 2.75) is 34.6 Å². The highest BCUT2D eigenvalue weighted by Gasteiger charge is 2.33. The maximum atomic E-state index is 15.8. The van der Waals surface area contributed by atoms with Crippen molar-refractivity contribution >= 4 is 101 Å². The van der Waals surface area contributed by atoms with Gasteiger partial charge in [-0.25, -0.2) is 50.7 Å². The summed E-state index contributed by atoms with van der Waals surface area (Å²) in [7, 11) is 0. The zero-order valence-electron chi connectivity index (χ0n) is 40.6. The van der Waals surface area contributed by atoms with Crippen molar-refractivity contribution in [3.05, 3.63) is 204 Å². The summed E-state index contributed by atoms with van der Waals surface area (Å²) >= 11 is 0. The van der Waals surface area contributed by atoms with Crippen molar-refractivity contribution in [2.24, 2.45) is 0 Å². The molecule has 0 aliphatic carbocycles. The van der Waals surface area contributed by atoms with Crippen LogP contribution in [-0.4, -0.2) is 19.9 Å². The van der Waals surface area contributed by atoms with E-state index in [-0.39, 0.29) is 57.7 Å². The van der Waals surface area contributed by atoms with Crippen LogP contribution in [0.1, 0.15) is 28.3 Å². The Balaban J connectivity index is 1.32. The molecule has 19 heteroatoms. The number of hydrogen-bond acceptors (Lipinski definition) is 12. The zero-order valence-corrected chi connectivity index (χ0v) is 40.6. The Kier molecular flexibility index (Phi) is 11.3. The van der Waals surface area contributed by atoms with E-state index in [1.54, 1.807) is 82.0 Å². The van der Waals surface area contributed by atoms with Crippen molar-refractivity contribution in [1.82, 2.24) is 19.9 Å². The number of aryl methyl sites for hydroxylation is 5. The van der Waals surface area contributed by atoms with Crippen molar-refractivity contribution in [1.29, 1.82) is 0 Å². The fourth-order valence-electron chi connectivity index (χ4n) is 10.0. The van der Waals surface area contributed by atoms with Crippen LogP contribution in [-0.2, 0) is 0 Å². The van der Waals surface area contributed by atoms with Crippen LogP contribution >= 0.6 is 0 Å². The Morgan fingerprint density at radius 3 is 0.763 bits per heavy atom. The monoisotopic (exact) mass is 1030 g/mol. The molecule has 0 aliphatic heterocycles. The molecule has 12 nitrogen and oxygen atoms in total. The molecule has 8 aromatic carbocycles. The lowest BCUT2D eigenvalue weighted by molar-refractivity contribution is 0.560. The number of nitrogens with zero attached hydrogens (tertiary/aromatic N) is 8. The second-order valence-electron chi connectivity index (χ2n) is 18.1. The highest BCUT2D eigenvalue weighted by atomic mass is 19.2. The fourth-order valence-corrected chi connectivity index (χ4v) is 10.0. The van der Waals surface area contributed by atoms with E-state index in [4.69, 9.17) is 17.7 Å². The second kappa shape index (κ2) is 18.1. The fraction of sp³-hybridized carbons (Fsp3) is 0.0877. The van der Waals surface area contributed by atoms with E-state index < -0.39 is 40.7 Å². The minimum absolute atomic E-state index is 0.0242. The summed E-state index contributed by atoms with van der Waals surface area (Å²) in [4.78, 5) is 23.5. The highest BCUT2D eigenvalue weighted by Crippen LogP contribution is 2.56. The van der Waals surface area contributed by atoms with Gasteiger partial charge in [-0.05, 0) is 107 Å². The van der Waals surface area contributed by atoms with Gasteiger partial charge in [-0.1, -0.05) is 24.3 Å². The summed E-state index contributed by atoms with van der Waals surface area (Å²) in [6.45, 7) is 8.36. The molecule has 0 bridgehead atoms. The molecule has 4 heterocycles. The van der Waals surface area contributed by atoms with Gasteiger partial charge in [0.1, 0.15) is 63.5 Å². The van der Waals surface area contributed by atoms with Crippen molar-refractivity contribution in [2.75, 3.05) is 19.6 Å². The van der Waals surface area contributed by atoms with Crippen LogP contribution in [0.4, 0.5) is 99.8 Å². The first-order valence-electron chi connectivity index (χ1n) is 23.3. The molecule has 12 rings (SSSR count). The average Bonchev–Trinajstić information content (AvgIpc) is 4.19. The molecule has 76 heavy (non-hydrogen) atoms. The lowest BCUT2D eigenvalue weighted by atomic mass is 9.89. The molecule has 0 unspecified atom stereocenters. The first kappa shape index (κ1) is 47.4. The number of aromatic nitrogens is 4. The van der Waals surface area contributed by atoms with E-state index in [1.165, 1.54) is 52.4 Å². The molecule has 0 fully saturated rings. The maximum absolute atomic E-state index is 15.8. The van der Waals surface area contributed by atoms with Gasteiger partial charge in [0, 0.05) is 50.5 Å². The Labute approximate surface area is 426 Å². The third kappa shape index (κ3) is 7.94. The van der Waals surface area contributed by atoms with Crippen LogP contribution in [0.3, 0.4) is 0 Å². The molecular formula is C57H37F7N8O4. The molecule has 4 aromatic heterocycles. The first-order valence-corrected chi connectivity index (χ1v) is 23.3. The number of oxazole rings is 4. The minimum Gasteiger partial charge on any atom is -0.427 e. The van der Waals surface area contributed by atoms with E-state index in [1.807, 2.05) is 0 Å². The molecular weight excluding hydrogens is 994 g/mol. The lowest BCUT2D eigenvalue weighted by Crippen LogP contribution is -2.17. The van der Waals surface area contributed by atoms with Crippen LogP contribution in [0.15, 0.2) is 152 Å². The van der Waals surface area contributed by atoms with Crippen molar-refractivity contribution < 1.29 is 48.4 Å². The van der Waals surface area contributed by atoms with E-state index in [9.17, 15) is 0 Å². The standard InChI is InChI=1S/C57H37F7N8O4/c1-28-10-33(58)15-40(11-28)69(54-29(2)65-24-73-54)48-22-49(70(55-30(3)66-25-74-55)41-16-34(59)12-35(60)17-41)45-8-9-47-51(72(57-32(5)68-27-76-57)43-20-38(63)14-39(64)21-43)23-50(46-7-6-44(48)52(45)53(46)47)71(56-31(4)67-26-75-56)42-18-36(61)13-37(62)19-42/h6-27H,1-5H3. The maximum Gasteiger partial charge on any atom is 0.227 e. The number of halogens is 7. The summed E-state index contributed by atoms with van der Waals surface area (Å²) in [6, 6.07) is 23.7. The van der Waals surface area contributed by atoms with Crippen LogP contribution in [0.2, 0.25) is 0 Å². The number of benzene rings is 8. The zero-order chi connectivity index (χ0) is 52.8. The van der Waals surface area contributed by atoms with Crippen LogP contribution < -0.4 is 19.6 Å². The largest absolute Gasteiger partial charge is 0.427 e. The van der Waals surface area contributed by atoms with Gasteiger partial charge in [0.25, 0.3) is 0 Å². The van der Waals surface area contributed by atoms with Crippen LogP contribution in [0.5, 0.6) is 0 Å². The van der Waals surface area contributed by atoms with Gasteiger partial charge in [0.05, 0.1) is 45.5 Å². The van der Waals surface area contributed by atoms with Gasteiger partial charge in [-0.15, -0.1) is 0 Å². The summed E-state index contributed by atoms with van der Waals surface area (Å²) in [5.41, 5.74) is 3.02. The first-order chi connectivity index (χ1) is 36.6. The number of hydrogen-bond donors (Lipinski definition) is 0. The summed E-state index contributed by atoms with van der Waals surface area (Å²) in [5.74, 6) is -5.78. The molecule has 0 amide bonds. The van der Waals surface area contributed by atoms with E-state index in [0.29, 0.717) is 72.0 Å². The quantitative estimate of drug-likeness (QED) is 0.0856. The van der Waals surface area contributed by atoms with Crippen LogP contribution in [0.25, 0.3) is 32.3 Å². The molecule has 0 saturated carbocycles. The van der Waals surface area contributed by atoms with Crippen LogP contribution in [0, 0.1) is 75.3 Å². The topological polar surface area (TPSA) is 117 Å². The summed E-state index contributed by atoms with van der Waals surface area (Å²) < 4.78 is 134. The van der Waals surface area contributed by atoms with E-state index >= 15 is 30.7 Å². The minimum atomic E-state index is -0.925. The van der Waals surface area contributed by atoms with Gasteiger partial charge in [0.15, 0.2) is 25.6 Å². The lowest BCUT2D eigenvalue weighted by Gasteiger charge is -2.32. The normalized spacial score (nSPS) is 11.7. The Bertz CT molecular complexity index is 3640. The van der Waals surface area contributed by atoms with Gasteiger partial charge in [0.2, 0.25) is 23.5 Å². The van der Waals surface area contributed by atoms with Crippen molar-refractivity contribution in [3.8, 4) is 0 Å². The van der Waals surface area contributed by atoms with Gasteiger partial charge < -0.3 is 17.7 Å². The predicted molar refractivity (Wildman–Crippen MR) is 273 cm³/mol. The molecule has 0 spiro atoms. The highest BCUT2D eigenvalue weighted by molar-refractivity contribution is 6.33. The van der Waals surface area contributed by atoms with E-state index in [0.717, 1.165) is 54.6 Å². The van der Waals surface area contributed by atoms with Gasteiger partial charge in [-0.2, -0.15) is 0 Å². The van der Waals surface area contributed by atoms with Gasteiger partial charge in [-0.3, -0.25) is 19.6 Å². The molecule has 0 N–H and O–H groups in total. The number of rotatable bonds is 12. The Hall–Kier alpha value is -9.65. The summed E-state index contributed by atoms with van der Waals surface area (Å²) in [5, 5.41) is 2.54.